The van der Waals surface area contributed by atoms with E-state index in [9.17, 15) is 16.8 Å². The van der Waals surface area contributed by atoms with Crippen LogP contribution in [0.3, 0.4) is 0 Å². The second kappa shape index (κ2) is 3.38. The summed E-state index contributed by atoms with van der Waals surface area (Å²) in [5.74, 6) is -1.80. The van der Waals surface area contributed by atoms with Crippen LogP contribution in [0, 0.1) is 0 Å². The lowest BCUT2D eigenvalue weighted by Gasteiger charge is -2.52. The van der Waals surface area contributed by atoms with Gasteiger partial charge in [-0.2, -0.15) is 25.2 Å². The minimum Gasteiger partial charge on any atom is -0.294 e. The van der Waals surface area contributed by atoms with Crippen LogP contribution in [-0.4, -0.2) is 65.3 Å². The predicted molar refractivity (Wildman–Crippen MR) is 51.8 cm³/mol. The third-order valence-corrected chi connectivity index (χ3v) is 5.17. The zero-order valence-electron chi connectivity index (χ0n) is 8.60. The summed E-state index contributed by atoms with van der Waals surface area (Å²) in [7, 11) is -9.20. The number of hydrogen-bond donors (Lipinski definition) is 0. The maximum absolute atomic E-state index is 11.3. The van der Waals surface area contributed by atoms with E-state index in [0.717, 1.165) is 13.1 Å². The third kappa shape index (κ3) is 1.97. The maximum atomic E-state index is 11.3. The van der Waals surface area contributed by atoms with Gasteiger partial charge in [-0.15, -0.1) is 3.63 Å². The van der Waals surface area contributed by atoms with Crippen molar-refractivity contribution in [2.45, 2.75) is 5.91 Å². The molecule has 17 heavy (non-hydrogen) atoms. The Hall–Kier alpha value is -0.300. The maximum Gasteiger partial charge on any atom is 0.420 e. The van der Waals surface area contributed by atoms with Crippen LogP contribution in [0.2, 0.25) is 0 Å². The molecular formula is C6H10N2O7S2. The van der Waals surface area contributed by atoms with Crippen molar-refractivity contribution in [3.63, 3.8) is 0 Å². The van der Waals surface area contributed by atoms with Gasteiger partial charge in [0, 0.05) is 26.2 Å². The summed E-state index contributed by atoms with van der Waals surface area (Å²) in [4.78, 5) is 3.42. The van der Waals surface area contributed by atoms with Crippen LogP contribution in [0.1, 0.15) is 0 Å². The van der Waals surface area contributed by atoms with E-state index in [0.29, 0.717) is 13.1 Å². The van der Waals surface area contributed by atoms with Gasteiger partial charge in [0.05, 0.1) is 6.54 Å². The first-order chi connectivity index (χ1) is 7.80. The van der Waals surface area contributed by atoms with Crippen molar-refractivity contribution >= 4 is 20.8 Å². The molecule has 0 unspecified atom stereocenters. The molecule has 4 rings (SSSR count). The average molecular weight is 286 g/mol. The zero-order chi connectivity index (χ0) is 12.3. The Kier molecular flexibility index (Phi) is 2.34. The van der Waals surface area contributed by atoms with Gasteiger partial charge < -0.3 is 0 Å². The van der Waals surface area contributed by atoms with Gasteiger partial charge in [-0.25, -0.2) is 4.90 Å². The number of piperazine rings is 3. The Bertz CT molecular complexity index is 499. The molecule has 1 spiro atoms. The minimum atomic E-state index is -4.60. The number of hydrogen-bond acceptors (Lipinski definition) is 9. The minimum absolute atomic E-state index is 0.0504. The van der Waals surface area contributed by atoms with E-state index < -0.39 is 26.7 Å². The van der Waals surface area contributed by atoms with Crippen molar-refractivity contribution in [3.8, 4) is 0 Å². The molecular weight excluding hydrogens is 276 g/mol. The molecule has 4 heterocycles. The summed E-state index contributed by atoms with van der Waals surface area (Å²) in [5, 5.41) is 0. The van der Waals surface area contributed by atoms with Gasteiger partial charge in [-0.3, -0.25) is 4.90 Å². The molecule has 98 valence electrons. The second-order valence-corrected chi connectivity index (χ2v) is 6.54. The summed E-state index contributed by atoms with van der Waals surface area (Å²) in [5.41, 5.74) is 0. The van der Waals surface area contributed by atoms with Gasteiger partial charge in [0.2, 0.25) is 0 Å². The van der Waals surface area contributed by atoms with Gasteiger partial charge in [0.25, 0.3) is 5.91 Å². The fourth-order valence-electron chi connectivity index (χ4n) is 2.25. The number of rotatable bonds is 0. The zero-order valence-corrected chi connectivity index (χ0v) is 10.2. The predicted octanol–water partition coefficient (Wildman–Crippen LogP) is -2.18. The highest BCUT2D eigenvalue weighted by Gasteiger charge is 2.58. The van der Waals surface area contributed by atoms with Crippen molar-refractivity contribution in [2.75, 3.05) is 32.7 Å². The van der Waals surface area contributed by atoms with E-state index in [1.165, 1.54) is 0 Å². The summed E-state index contributed by atoms with van der Waals surface area (Å²) in [6, 6.07) is 0. The van der Waals surface area contributed by atoms with Crippen molar-refractivity contribution < 1.29 is 28.8 Å². The van der Waals surface area contributed by atoms with Gasteiger partial charge in [0.1, 0.15) is 0 Å². The van der Waals surface area contributed by atoms with Gasteiger partial charge in [-0.05, 0) is 0 Å². The Balaban J connectivity index is 2.02. The molecule has 0 atom stereocenters. The van der Waals surface area contributed by atoms with Crippen LogP contribution in [0.25, 0.3) is 0 Å². The highest BCUT2D eigenvalue weighted by molar-refractivity contribution is 7.95. The lowest BCUT2D eigenvalue weighted by Crippen LogP contribution is -2.72. The largest absolute Gasteiger partial charge is 0.420 e. The Labute approximate surface area is 98.5 Å². The molecule has 9 nitrogen and oxygen atoms in total. The fourth-order valence-corrected chi connectivity index (χ4v) is 4.35. The summed E-state index contributed by atoms with van der Waals surface area (Å²) >= 11 is 0. The molecule has 11 heteroatoms. The molecule has 0 aromatic rings. The summed E-state index contributed by atoms with van der Waals surface area (Å²) in [6.07, 6.45) is 0. The van der Waals surface area contributed by atoms with E-state index in [1.54, 1.807) is 4.90 Å². The number of nitrogens with zero attached hydrogens (tertiary/aromatic N) is 2. The van der Waals surface area contributed by atoms with E-state index >= 15 is 0 Å². The van der Waals surface area contributed by atoms with Crippen molar-refractivity contribution in [1.82, 2.24) is 9.80 Å². The molecule has 4 fully saturated rings. The topological polar surface area (TPSA) is 102 Å². The summed E-state index contributed by atoms with van der Waals surface area (Å²) < 4.78 is 58.2. The van der Waals surface area contributed by atoms with Crippen molar-refractivity contribution in [1.29, 1.82) is 0 Å². The molecule has 0 aromatic carbocycles. The first-order valence-corrected chi connectivity index (χ1v) is 7.57. The lowest BCUT2D eigenvalue weighted by atomic mass is 10.2. The molecule has 0 aromatic heterocycles. The van der Waals surface area contributed by atoms with Crippen LogP contribution in [0.5, 0.6) is 0 Å². The SMILES string of the molecule is O=S1(=O)OC2(CN3CCN2CC3)OS(=O)(=O)O1. The van der Waals surface area contributed by atoms with Gasteiger partial charge in [0.15, 0.2) is 0 Å². The first kappa shape index (κ1) is 11.8. The Morgan fingerprint density at radius 2 is 1.41 bits per heavy atom. The normalized spacial score (nSPS) is 41.4. The Morgan fingerprint density at radius 3 is 1.82 bits per heavy atom. The molecule has 0 amide bonds. The molecule has 0 aliphatic carbocycles. The molecule has 4 saturated heterocycles. The van der Waals surface area contributed by atoms with Crippen LogP contribution in [0.15, 0.2) is 0 Å². The van der Waals surface area contributed by atoms with E-state index in [1.807, 2.05) is 4.90 Å². The smallest absolute Gasteiger partial charge is 0.294 e. The Morgan fingerprint density at radius 1 is 0.882 bits per heavy atom. The average Bonchev–Trinajstić information content (AvgIpc) is 2.12. The molecule has 4 aliphatic rings. The fraction of sp³-hybridized carbons (Fsp3) is 1.00. The third-order valence-electron chi connectivity index (χ3n) is 2.91. The lowest BCUT2D eigenvalue weighted by molar-refractivity contribution is -0.279. The number of fused-ring (bicyclic) bond motifs is 2. The quantitative estimate of drug-likeness (QED) is 0.492. The highest BCUT2D eigenvalue weighted by atomic mass is 32.3. The van der Waals surface area contributed by atoms with Gasteiger partial charge >= 0.3 is 20.8 Å². The van der Waals surface area contributed by atoms with Crippen molar-refractivity contribution in [2.24, 2.45) is 0 Å². The summed E-state index contributed by atoms with van der Waals surface area (Å²) in [6.45, 7) is 2.44. The van der Waals surface area contributed by atoms with Gasteiger partial charge in [-0.1, -0.05) is 0 Å². The van der Waals surface area contributed by atoms with E-state index in [-0.39, 0.29) is 6.54 Å². The molecule has 0 N–H and O–H groups in total. The van der Waals surface area contributed by atoms with Crippen LogP contribution < -0.4 is 0 Å². The highest BCUT2D eigenvalue weighted by Crippen LogP contribution is 2.36. The molecule has 0 saturated carbocycles. The van der Waals surface area contributed by atoms with E-state index in [4.69, 9.17) is 8.37 Å². The van der Waals surface area contributed by atoms with E-state index in [2.05, 4.69) is 3.63 Å². The first-order valence-electron chi connectivity index (χ1n) is 4.90. The van der Waals surface area contributed by atoms with Crippen molar-refractivity contribution in [3.05, 3.63) is 0 Å². The van der Waals surface area contributed by atoms with Crippen LogP contribution in [0.4, 0.5) is 0 Å². The van der Waals surface area contributed by atoms with Crippen LogP contribution in [-0.2, 0) is 32.8 Å². The standard InChI is InChI=1S/C6H10N2O7S2/c9-16(10)13-6(14-17(11,12)15-16)5-7-1-3-8(6)4-2-7/h1-5H2. The monoisotopic (exact) mass is 286 g/mol. The second-order valence-electron chi connectivity index (χ2n) is 4.03. The van der Waals surface area contributed by atoms with Crippen LogP contribution >= 0.6 is 0 Å². The molecule has 0 radical (unpaired) electrons. The molecule has 2 bridgehead atoms. The molecule has 4 aliphatic heterocycles.